The quantitative estimate of drug-likeness (QED) is 0.776. The third-order valence-corrected chi connectivity index (χ3v) is 2.35. The van der Waals surface area contributed by atoms with Gasteiger partial charge in [0, 0.05) is 0 Å². The van der Waals surface area contributed by atoms with Gasteiger partial charge < -0.3 is 9.57 Å². The summed E-state index contributed by atoms with van der Waals surface area (Å²) in [5.41, 5.74) is 3.71. The highest BCUT2D eigenvalue weighted by atomic mass is 19.1. The van der Waals surface area contributed by atoms with Crippen LogP contribution in [0, 0.1) is 11.7 Å². The molecule has 1 aromatic rings. The molecule has 0 aromatic heterocycles. The molecule has 1 atom stereocenters. The minimum absolute atomic E-state index is 0.0610. The third-order valence-electron chi connectivity index (χ3n) is 2.35. The van der Waals surface area contributed by atoms with E-state index in [1.807, 2.05) is 13.0 Å². The molecule has 0 heterocycles. The topological polar surface area (TPSA) is 30.5 Å². The first-order valence-corrected chi connectivity index (χ1v) is 5.75. The predicted molar refractivity (Wildman–Crippen MR) is 65.3 cm³/mol. The van der Waals surface area contributed by atoms with Crippen LogP contribution >= 0.6 is 0 Å². The van der Waals surface area contributed by atoms with Crippen LogP contribution in [0.4, 0.5) is 4.39 Å². The molecule has 0 radical (unpaired) electrons. The second-order valence-corrected chi connectivity index (χ2v) is 4.44. The van der Waals surface area contributed by atoms with Crippen LogP contribution in [0.3, 0.4) is 0 Å². The van der Waals surface area contributed by atoms with Crippen molar-refractivity contribution in [3.8, 4) is 5.75 Å². The van der Waals surface area contributed by atoms with Crippen LogP contribution in [0.25, 0.3) is 0 Å². The Morgan fingerprint density at radius 1 is 1.29 bits per heavy atom. The molecular weight excluding hydrogens is 221 g/mol. The SMILES string of the molecule is COc1ccc(C(C)NOCC(C)C)cc1F. The smallest absolute Gasteiger partial charge is 0.165 e. The molecule has 1 N–H and O–H groups in total. The van der Waals surface area contributed by atoms with Gasteiger partial charge in [-0.15, -0.1) is 0 Å². The maximum absolute atomic E-state index is 13.5. The van der Waals surface area contributed by atoms with Crippen LogP contribution in [0.1, 0.15) is 32.4 Å². The number of methoxy groups -OCH3 is 1. The molecule has 0 aliphatic carbocycles. The van der Waals surface area contributed by atoms with Crippen molar-refractivity contribution in [3.05, 3.63) is 29.6 Å². The lowest BCUT2D eigenvalue weighted by molar-refractivity contribution is 0.00403. The summed E-state index contributed by atoms with van der Waals surface area (Å²) in [6.07, 6.45) is 0. The van der Waals surface area contributed by atoms with E-state index in [0.717, 1.165) is 5.56 Å². The van der Waals surface area contributed by atoms with Gasteiger partial charge in [0.15, 0.2) is 11.6 Å². The first-order valence-electron chi connectivity index (χ1n) is 5.75. The molecule has 17 heavy (non-hydrogen) atoms. The fourth-order valence-electron chi connectivity index (χ4n) is 1.36. The standard InChI is InChI=1S/C13H20FNO2/c1-9(2)8-17-15-10(3)11-5-6-13(16-4)12(14)7-11/h5-7,9-10,15H,8H2,1-4H3. The van der Waals surface area contributed by atoms with Crippen LogP contribution in [0.2, 0.25) is 0 Å². The zero-order valence-electron chi connectivity index (χ0n) is 10.8. The minimum atomic E-state index is -0.359. The zero-order valence-corrected chi connectivity index (χ0v) is 10.8. The van der Waals surface area contributed by atoms with Crippen molar-refractivity contribution in [2.45, 2.75) is 26.8 Å². The van der Waals surface area contributed by atoms with Crippen molar-refractivity contribution >= 4 is 0 Å². The fraction of sp³-hybridized carbons (Fsp3) is 0.538. The highest BCUT2D eigenvalue weighted by Gasteiger charge is 2.09. The van der Waals surface area contributed by atoms with Crippen molar-refractivity contribution in [3.63, 3.8) is 0 Å². The second kappa shape index (κ2) is 6.57. The molecule has 4 heteroatoms. The van der Waals surface area contributed by atoms with Crippen LogP contribution in [-0.4, -0.2) is 13.7 Å². The predicted octanol–water partition coefficient (Wildman–Crippen LogP) is 3.07. The van der Waals surface area contributed by atoms with Gasteiger partial charge in [-0.05, 0) is 30.5 Å². The molecular formula is C13H20FNO2. The average Bonchev–Trinajstić information content (AvgIpc) is 2.28. The summed E-state index contributed by atoms with van der Waals surface area (Å²) < 4.78 is 18.3. The van der Waals surface area contributed by atoms with Gasteiger partial charge in [-0.3, -0.25) is 0 Å². The largest absolute Gasteiger partial charge is 0.494 e. The number of benzene rings is 1. The van der Waals surface area contributed by atoms with Gasteiger partial charge in [0.2, 0.25) is 0 Å². The Morgan fingerprint density at radius 2 is 2.00 bits per heavy atom. The zero-order chi connectivity index (χ0) is 12.8. The van der Waals surface area contributed by atoms with Gasteiger partial charge in [-0.2, -0.15) is 5.48 Å². The maximum atomic E-state index is 13.5. The molecule has 0 aliphatic heterocycles. The molecule has 1 aromatic carbocycles. The lowest BCUT2D eigenvalue weighted by Crippen LogP contribution is -2.21. The Bertz CT molecular complexity index is 355. The molecule has 0 saturated carbocycles. The van der Waals surface area contributed by atoms with Crippen LogP contribution in [0.5, 0.6) is 5.75 Å². The lowest BCUT2D eigenvalue weighted by Gasteiger charge is -2.15. The Hall–Kier alpha value is -1.13. The van der Waals surface area contributed by atoms with Crippen molar-refractivity contribution in [1.82, 2.24) is 5.48 Å². The monoisotopic (exact) mass is 241 g/mol. The van der Waals surface area contributed by atoms with E-state index in [2.05, 4.69) is 19.3 Å². The van der Waals surface area contributed by atoms with Crippen LogP contribution in [-0.2, 0) is 4.84 Å². The van der Waals surface area contributed by atoms with E-state index in [-0.39, 0.29) is 17.6 Å². The molecule has 0 aliphatic rings. The summed E-state index contributed by atoms with van der Waals surface area (Å²) in [7, 11) is 1.45. The Kier molecular flexibility index (Phi) is 5.38. The molecule has 96 valence electrons. The average molecular weight is 241 g/mol. The Balaban J connectivity index is 2.57. The van der Waals surface area contributed by atoms with Gasteiger partial charge in [-0.25, -0.2) is 4.39 Å². The first-order chi connectivity index (χ1) is 8.04. The summed E-state index contributed by atoms with van der Waals surface area (Å²) in [5.74, 6) is 0.355. The second-order valence-electron chi connectivity index (χ2n) is 4.44. The summed E-state index contributed by atoms with van der Waals surface area (Å²) in [6.45, 7) is 6.68. The number of rotatable bonds is 6. The molecule has 0 saturated heterocycles. The van der Waals surface area contributed by atoms with E-state index in [1.165, 1.54) is 13.2 Å². The highest BCUT2D eigenvalue weighted by Crippen LogP contribution is 2.21. The number of halogens is 1. The maximum Gasteiger partial charge on any atom is 0.165 e. The molecule has 3 nitrogen and oxygen atoms in total. The van der Waals surface area contributed by atoms with Gasteiger partial charge in [-0.1, -0.05) is 19.9 Å². The van der Waals surface area contributed by atoms with E-state index >= 15 is 0 Å². The lowest BCUT2D eigenvalue weighted by atomic mass is 10.1. The van der Waals surface area contributed by atoms with E-state index in [1.54, 1.807) is 6.07 Å². The number of nitrogens with one attached hydrogen (secondary N) is 1. The van der Waals surface area contributed by atoms with Crippen molar-refractivity contribution < 1.29 is 14.0 Å². The first kappa shape index (κ1) is 13.9. The Labute approximate surface area is 102 Å². The van der Waals surface area contributed by atoms with Gasteiger partial charge >= 0.3 is 0 Å². The van der Waals surface area contributed by atoms with Gasteiger partial charge in [0.1, 0.15) is 0 Å². The number of ether oxygens (including phenoxy) is 1. The van der Waals surface area contributed by atoms with Crippen molar-refractivity contribution in [1.29, 1.82) is 0 Å². The molecule has 0 spiro atoms. The summed E-state index contributed by atoms with van der Waals surface area (Å²) in [6, 6.07) is 4.83. The van der Waals surface area contributed by atoms with Gasteiger partial charge in [0.25, 0.3) is 0 Å². The van der Waals surface area contributed by atoms with Gasteiger partial charge in [0.05, 0.1) is 19.8 Å². The molecule has 1 unspecified atom stereocenters. The third kappa shape index (κ3) is 4.32. The molecule has 0 bridgehead atoms. The minimum Gasteiger partial charge on any atom is -0.494 e. The summed E-state index contributed by atoms with van der Waals surface area (Å²) in [4.78, 5) is 5.30. The van der Waals surface area contributed by atoms with E-state index in [9.17, 15) is 4.39 Å². The van der Waals surface area contributed by atoms with Crippen molar-refractivity contribution in [2.24, 2.45) is 5.92 Å². The fourth-order valence-corrected chi connectivity index (χ4v) is 1.36. The van der Waals surface area contributed by atoms with E-state index in [4.69, 9.17) is 9.57 Å². The highest BCUT2D eigenvalue weighted by molar-refractivity contribution is 5.30. The molecule has 0 fully saturated rings. The normalized spacial score (nSPS) is 12.8. The summed E-state index contributed by atoms with van der Waals surface area (Å²) >= 11 is 0. The van der Waals surface area contributed by atoms with E-state index in [0.29, 0.717) is 12.5 Å². The summed E-state index contributed by atoms with van der Waals surface area (Å²) in [5, 5.41) is 0. The molecule has 1 rings (SSSR count). The van der Waals surface area contributed by atoms with E-state index < -0.39 is 0 Å². The Morgan fingerprint density at radius 3 is 2.53 bits per heavy atom. The number of hydrogen-bond acceptors (Lipinski definition) is 3. The van der Waals surface area contributed by atoms with Crippen LogP contribution in [0.15, 0.2) is 18.2 Å². The number of hydroxylamine groups is 1. The molecule has 0 amide bonds. The van der Waals surface area contributed by atoms with Crippen molar-refractivity contribution in [2.75, 3.05) is 13.7 Å². The number of hydrogen-bond donors (Lipinski definition) is 1. The van der Waals surface area contributed by atoms with Crippen LogP contribution < -0.4 is 10.2 Å².